The van der Waals surface area contributed by atoms with Crippen LogP contribution in [0.4, 0.5) is 4.39 Å². The van der Waals surface area contributed by atoms with Crippen LogP contribution in [-0.2, 0) is 9.84 Å². The molecule has 3 aromatic carbocycles. The first-order valence-corrected chi connectivity index (χ1v) is 7.47. The molecule has 0 atom stereocenters. The van der Waals surface area contributed by atoms with Gasteiger partial charge in [-0.1, -0.05) is 36.4 Å². The molecule has 0 aliphatic rings. The molecule has 3 rings (SSSR count). The van der Waals surface area contributed by atoms with Crippen LogP contribution >= 0.6 is 0 Å². The molecule has 0 aliphatic carbocycles. The summed E-state index contributed by atoms with van der Waals surface area (Å²) in [7, 11) is -3.85. The third kappa shape index (κ3) is 1.98. The van der Waals surface area contributed by atoms with E-state index >= 15 is 0 Å². The van der Waals surface area contributed by atoms with Crippen LogP contribution in [0, 0.1) is 11.9 Å². The maximum absolute atomic E-state index is 14.5. The number of halogens is 1. The largest absolute Gasteiger partial charge is 0.218 e. The minimum absolute atomic E-state index is 0.0840. The van der Waals surface area contributed by atoms with Crippen LogP contribution in [0.3, 0.4) is 0 Å². The van der Waals surface area contributed by atoms with Crippen molar-refractivity contribution >= 4 is 20.6 Å². The Bertz CT molecular complexity index is 871. The van der Waals surface area contributed by atoms with Crippen molar-refractivity contribution in [1.29, 1.82) is 0 Å². The zero-order valence-electron chi connectivity index (χ0n) is 10.4. The first-order valence-electron chi connectivity index (χ1n) is 5.99. The second-order valence-corrected chi connectivity index (χ2v) is 6.26. The van der Waals surface area contributed by atoms with E-state index in [1.54, 1.807) is 36.4 Å². The quantitative estimate of drug-likeness (QED) is 0.720. The smallest absolute Gasteiger partial charge is 0.209 e. The van der Waals surface area contributed by atoms with Gasteiger partial charge < -0.3 is 0 Å². The van der Waals surface area contributed by atoms with E-state index in [1.807, 2.05) is 0 Å². The summed E-state index contributed by atoms with van der Waals surface area (Å²) in [5.74, 6) is -0.722. The van der Waals surface area contributed by atoms with Gasteiger partial charge in [-0.2, -0.15) is 0 Å². The first kappa shape index (κ1) is 12.8. The van der Waals surface area contributed by atoms with E-state index in [0.29, 0.717) is 5.39 Å². The zero-order chi connectivity index (χ0) is 14.2. The van der Waals surface area contributed by atoms with E-state index in [0.717, 1.165) is 0 Å². The van der Waals surface area contributed by atoms with Crippen molar-refractivity contribution in [3.63, 3.8) is 0 Å². The number of benzene rings is 3. The van der Waals surface area contributed by atoms with Gasteiger partial charge in [0, 0.05) is 5.39 Å². The molecular formula is C16H10FO2S. The van der Waals surface area contributed by atoms with Gasteiger partial charge in [0.05, 0.1) is 4.90 Å². The van der Waals surface area contributed by atoms with Crippen LogP contribution in [0.1, 0.15) is 0 Å². The van der Waals surface area contributed by atoms with Gasteiger partial charge in [0.2, 0.25) is 9.84 Å². The van der Waals surface area contributed by atoms with Crippen LogP contribution in [-0.4, -0.2) is 8.42 Å². The maximum Gasteiger partial charge on any atom is 0.209 e. The normalized spacial score (nSPS) is 11.7. The van der Waals surface area contributed by atoms with Gasteiger partial charge in [-0.3, -0.25) is 0 Å². The van der Waals surface area contributed by atoms with E-state index in [-0.39, 0.29) is 15.2 Å². The zero-order valence-corrected chi connectivity index (χ0v) is 11.2. The lowest BCUT2D eigenvalue weighted by Gasteiger charge is -2.08. The fourth-order valence-corrected chi connectivity index (χ4v) is 3.45. The molecule has 0 heterocycles. The number of rotatable bonds is 2. The van der Waals surface area contributed by atoms with Gasteiger partial charge in [0.1, 0.15) is 10.7 Å². The van der Waals surface area contributed by atoms with Gasteiger partial charge in [0.25, 0.3) is 0 Å². The fourth-order valence-electron chi connectivity index (χ4n) is 2.09. The van der Waals surface area contributed by atoms with Crippen molar-refractivity contribution < 1.29 is 12.8 Å². The molecule has 0 N–H and O–H groups in total. The Hall–Kier alpha value is -2.20. The van der Waals surface area contributed by atoms with Gasteiger partial charge in [-0.15, -0.1) is 0 Å². The minimum atomic E-state index is -3.85. The van der Waals surface area contributed by atoms with Crippen molar-refractivity contribution in [1.82, 2.24) is 0 Å². The van der Waals surface area contributed by atoms with Crippen LogP contribution in [0.25, 0.3) is 10.8 Å². The van der Waals surface area contributed by atoms with Crippen molar-refractivity contribution in [2.75, 3.05) is 0 Å². The standard InChI is InChI=1S/C16H10FO2S/c17-16-14-9-5-4-6-12(14)10-11-15(16)20(18,19)13-7-2-1-3-8-13/h1-3,5-11H. The molecule has 0 fully saturated rings. The number of fused-ring (bicyclic) bond motifs is 1. The molecule has 0 bridgehead atoms. The van der Waals surface area contributed by atoms with Gasteiger partial charge in [-0.05, 0) is 35.7 Å². The predicted molar refractivity (Wildman–Crippen MR) is 74.6 cm³/mol. The van der Waals surface area contributed by atoms with E-state index in [4.69, 9.17) is 0 Å². The Morgan fingerprint density at radius 1 is 0.950 bits per heavy atom. The Morgan fingerprint density at radius 2 is 1.70 bits per heavy atom. The van der Waals surface area contributed by atoms with Gasteiger partial charge in [-0.25, -0.2) is 12.8 Å². The van der Waals surface area contributed by atoms with Crippen molar-refractivity contribution in [2.45, 2.75) is 9.79 Å². The fraction of sp³-hybridized carbons (Fsp3) is 0. The van der Waals surface area contributed by atoms with E-state index in [9.17, 15) is 12.8 Å². The molecule has 20 heavy (non-hydrogen) atoms. The van der Waals surface area contributed by atoms with Crippen molar-refractivity contribution in [3.05, 3.63) is 72.5 Å². The molecule has 0 aromatic heterocycles. The highest BCUT2D eigenvalue weighted by molar-refractivity contribution is 7.91. The Balaban J connectivity index is 2.28. The molecular weight excluding hydrogens is 275 g/mol. The Labute approximate surface area is 116 Å². The molecule has 2 nitrogen and oxygen atoms in total. The summed E-state index contributed by atoms with van der Waals surface area (Å²) in [5, 5.41) is 0.901. The Kier molecular flexibility index (Phi) is 3.03. The summed E-state index contributed by atoms with van der Waals surface area (Å²) in [4.78, 5) is -0.219. The number of sulfone groups is 1. The highest BCUT2D eigenvalue weighted by Gasteiger charge is 2.22. The summed E-state index contributed by atoms with van der Waals surface area (Å²) in [6, 6.07) is 18.3. The molecule has 0 spiro atoms. The topological polar surface area (TPSA) is 34.1 Å². The molecule has 0 unspecified atom stereocenters. The first-order chi connectivity index (χ1) is 9.60. The van der Waals surface area contributed by atoms with E-state index in [1.165, 1.54) is 24.3 Å². The molecule has 0 amide bonds. The van der Waals surface area contributed by atoms with Gasteiger partial charge >= 0.3 is 0 Å². The molecule has 3 aromatic rings. The summed E-state index contributed by atoms with van der Waals surface area (Å²) in [6.45, 7) is 0. The molecule has 1 radical (unpaired) electrons. The SMILES string of the molecule is O=S(=O)(c1ccccc1)c1ccc2c[c]ccc2c1F. The van der Waals surface area contributed by atoms with Crippen molar-refractivity contribution in [2.24, 2.45) is 0 Å². The Morgan fingerprint density at radius 3 is 2.45 bits per heavy atom. The second kappa shape index (κ2) is 4.72. The lowest BCUT2D eigenvalue weighted by atomic mass is 10.1. The summed E-state index contributed by atoms with van der Waals surface area (Å²) in [5.41, 5.74) is 0. The third-order valence-corrected chi connectivity index (χ3v) is 4.89. The minimum Gasteiger partial charge on any atom is -0.218 e. The maximum atomic E-state index is 14.5. The lowest BCUT2D eigenvalue weighted by molar-refractivity contribution is 0.572. The predicted octanol–water partition coefficient (Wildman–Crippen LogP) is 3.61. The molecule has 0 saturated carbocycles. The number of hydrogen-bond donors (Lipinski definition) is 0. The van der Waals surface area contributed by atoms with Gasteiger partial charge in [0.15, 0.2) is 0 Å². The van der Waals surface area contributed by atoms with Crippen LogP contribution in [0.15, 0.2) is 70.5 Å². The lowest BCUT2D eigenvalue weighted by Crippen LogP contribution is -2.04. The monoisotopic (exact) mass is 285 g/mol. The second-order valence-electron chi connectivity index (χ2n) is 4.34. The van der Waals surface area contributed by atoms with Crippen LogP contribution < -0.4 is 0 Å². The van der Waals surface area contributed by atoms with E-state index in [2.05, 4.69) is 6.07 Å². The van der Waals surface area contributed by atoms with Crippen LogP contribution in [0.2, 0.25) is 0 Å². The summed E-state index contributed by atoms with van der Waals surface area (Å²) >= 11 is 0. The van der Waals surface area contributed by atoms with Crippen LogP contribution in [0.5, 0.6) is 0 Å². The summed E-state index contributed by atoms with van der Waals surface area (Å²) < 4.78 is 39.4. The summed E-state index contributed by atoms with van der Waals surface area (Å²) in [6.07, 6.45) is 0. The average molecular weight is 285 g/mol. The van der Waals surface area contributed by atoms with E-state index < -0.39 is 15.7 Å². The highest BCUT2D eigenvalue weighted by atomic mass is 32.2. The van der Waals surface area contributed by atoms with Crippen molar-refractivity contribution in [3.8, 4) is 0 Å². The molecule has 4 heteroatoms. The highest BCUT2D eigenvalue weighted by Crippen LogP contribution is 2.28. The third-order valence-electron chi connectivity index (χ3n) is 3.11. The average Bonchev–Trinajstić information content (AvgIpc) is 2.48. The molecule has 99 valence electrons. The molecule has 0 saturated heterocycles. The molecule has 0 aliphatic heterocycles. The number of hydrogen-bond acceptors (Lipinski definition) is 2.